The van der Waals surface area contributed by atoms with Crippen LogP contribution in [0.25, 0.3) is 0 Å². The number of ether oxygens (including phenoxy) is 2. The van der Waals surface area contributed by atoms with Crippen LogP contribution in [0.4, 0.5) is 0 Å². The average Bonchev–Trinajstić information content (AvgIpc) is 2.54. The Hall–Kier alpha value is -2.40. The molecule has 0 bridgehead atoms. The van der Waals surface area contributed by atoms with Crippen LogP contribution < -0.4 is 9.47 Å². The van der Waals surface area contributed by atoms with Crippen molar-refractivity contribution in [3.8, 4) is 23.0 Å². The van der Waals surface area contributed by atoms with Crippen molar-refractivity contribution in [2.24, 2.45) is 0 Å². The molecule has 2 N–H and O–H groups in total. The summed E-state index contributed by atoms with van der Waals surface area (Å²) < 4.78 is 10.2. The number of phenols is 2. The van der Waals surface area contributed by atoms with E-state index in [1.54, 1.807) is 25.3 Å². The van der Waals surface area contributed by atoms with Crippen LogP contribution in [0.3, 0.4) is 0 Å². The number of hydrogen-bond donors (Lipinski definition) is 2. The van der Waals surface area contributed by atoms with Gasteiger partial charge in [0.25, 0.3) is 0 Å². The summed E-state index contributed by atoms with van der Waals surface area (Å²) in [6.45, 7) is 2.43. The first-order valence-electron chi connectivity index (χ1n) is 7.57. The highest BCUT2D eigenvalue weighted by molar-refractivity contribution is 5.47. The van der Waals surface area contributed by atoms with Crippen molar-refractivity contribution < 1.29 is 19.7 Å². The van der Waals surface area contributed by atoms with Gasteiger partial charge in [-0.05, 0) is 47.4 Å². The van der Waals surface area contributed by atoms with E-state index in [9.17, 15) is 10.2 Å². The van der Waals surface area contributed by atoms with E-state index in [4.69, 9.17) is 9.47 Å². The van der Waals surface area contributed by atoms with Crippen molar-refractivity contribution in [3.05, 3.63) is 47.0 Å². The maximum Gasteiger partial charge on any atom is 0.160 e. The first-order chi connectivity index (χ1) is 11.1. The molecule has 5 nitrogen and oxygen atoms in total. The fourth-order valence-corrected chi connectivity index (χ4v) is 3.02. The summed E-state index contributed by atoms with van der Waals surface area (Å²) in [4.78, 5) is 2.29. The average molecular weight is 315 g/mol. The molecule has 2 aromatic rings. The van der Waals surface area contributed by atoms with Crippen molar-refractivity contribution in [2.75, 3.05) is 20.8 Å². The molecule has 3 rings (SSSR count). The van der Waals surface area contributed by atoms with E-state index in [2.05, 4.69) is 4.90 Å². The first kappa shape index (κ1) is 15.5. The molecular weight excluding hydrogens is 294 g/mol. The maximum atomic E-state index is 9.95. The maximum absolute atomic E-state index is 9.95. The van der Waals surface area contributed by atoms with Gasteiger partial charge in [-0.15, -0.1) is 0 Å². The molecule has 0 aliphatic carbocycles. The molecule has 2 aromatic carbocycles. The molecule has 1 aliphatic rings. The summed E-state index contributed by atoms with van der Waals surface area (Å²) in [7, 11) is 3.10. The minimum atomic E-state index is 0.157. The lowest BCUT2D eigenvalue weighted by atomic mass is 9.98. The molecule has 0 atom stereocenters. The second-order valence-corrected chi connectivity index (χ2v) is 5.76. The van der Waals surface area contributed by atoms with Crippen molar-refractivity contribution in [1.82, 2.24) is 4.90 Å². The Labute approximate surface area is 135 Å². The molecule has 1 aliphatic heterocycles. The van der Waals surface area contributed by atoms with Crippen LogP contribution in [0.2, 0.25) is 0 Å². The number of nitrogens with zero attached hydrogens (tertiary/aromatic N) is 1. The van der Waals surface area contributed by atoms with Crippen LogP contribution in [0.15, 0.2) is 30.3 Å². The fraction of sp³-hybridized carbons (Fsp3) is 0.333. The Kier molecular flexibility index (Phi) is 4.30. The monoisotopic (exact) mass is 315 g/mol. The molecule has 0 saturated carbocycles. The number of hydrogen-bond acceptors (Lipinski definition) is 5. The van der Waals surface area contributed by atoms with E-state index in [1.807, 2.05) is 12.1 Å². The van der Waals surface area contributed by atoms with E-state index >= 15 is 0 Å². The van der Waals surface area contributed by atoms with Crippen LogP contribution in [-0.4, -0.2) is 35.9 Å². The SMILES string of the molecule is COc1ccc(CN2CCc3cc(OC)c(O)cc3C2)cc1O. The molecule has 0 aromatic heterocycles. The highest BCUT2D eigenvalue weighted by Gasteiger charge is 2.19. The van der Waals surface area contributed by atoms with Crippen LogP contribution in [-0.2, 0) is 19.5 Å². The number of benzene rings is 2. The lowest BCUT2D eigenvalue weighted by molar-refractivity contribution is 0.244. The van der Waals surface area contributed by atoms with Gasteiger partial charge in [0, 0.05) is 19.6 Å². The molecule has 0 unspecified atom stereocenters. The number of aromatic hydroxyl groups is 2. The summed E-state index contributed by atoms with van der Waals surface area (Å²) in [5.74, 6) is 1.34. The Morgan fingerprint density at radius 1 is 0.957 bits per heavy atom. The molecular formula is C18H21NO4. The van der Waals surface area contributed by atoms with E-state index in [-0.39, 0.29) is 11.5 Å². The van der Waals surface area contributed by atoms with Gasteiger partial charge in [0.05, 0.1) is 14.2 Å². The minimum absolute atomic E-state index is 0.157. The lowest BCUT2D eigenvalue weighted by Crippen LogP contribution is -2.30. The van der Waals surface area contributed by atoms with Gasteiger partial charge in [0.1, 0.15) is 0 Å². The number of methoxy groups -OCH3 is 2. The largest absolute Gasteiger partial charge is 0.504 e. The third-order valence-electron chi connectivity index (χ3n) is 4.24. The molecule has 0 radical (unpaired) electrons. The third kappa shape index (κ3) is 3.19. The van der Waals surface area contributed by atoms with Crippen LogP contribution in [0.5, 0.6) is 23.0 Å². The summed E-state index contributed by atoms with van der Waals surface area (Å²) in [5, 5.41) is 19.8. The molecule has 122 valence electrons. The lowest BCUT2D eigenvalue weighted by Gasteiger charge is -2.29. The van der Waals surface area contributed by atoms with Gasteiger partial charge >= 0.3 is 0 Å². The van der Waals surface area contributed by atoms with Crippen LogP contribution >= 0.6 is 0 Å². The normalized spacial score (nSPS) is 14.3. The first-order valence-corrected chi connectivity index (χ1v) is 7.57. The van der Waals surface area contributed by atoms with Crippen LogP contribution in [0, 0.1) is 0 Å². The molecule has 5 heteroatoms. The van der Waals surface area contributed by atoms with Gasteiger partial charge in [-0.1, -0.05) is 6.07 Å². The highest BCUT2D eigenvalue weighted by Crippen LogP contribution is 2.33. The van der Waals surface area contributed by atoms with E-state index in [0.717, 1.165) is 37.2 Å². The fourth-order valence-electron chi connectivity index (χ4n) is 3.02. The van der Waals surface area contributed by atoms with Gasteiger partial charge in [-0.25, -0.2) is 0 Å². The third-order valence-corrected chi connectivity index (χ3v) is 4.24. The zero-order valence-corrected chi connectivity index (χ0v) is 13.4. The molecule has 0 amide bonds. The van der Waals surface area contributed by atoms with Crippen molar-refractivity contribution in [3.63, 3.8) is 0 Å². The van der Waals surface area contributed by atoms with Crippen molar-refractivity contribution in [2.45, 2.75) is 19.5 Å². The van der Waals surface area contributed by atoms with E-state index in [0.29, 0.717) is 11.5 Å². The van der Waals surface area contributed by atoms with Gasteiger partial charge in [-0.3, -0.25) is 4.90 Å². The quantitative estimate of drug-likeness (QED) is 0.908. The molecule has 0 saturated heterocycles. The second kappa shape index (κ2) is 6.38. The summed E-state index contributed by atoms with van der Waals surface area (Å²) in [6.07, 6.45) is 0.911. The van der Waals surface area contributed by atoms with E-state index in [1.165, 1.54) is 12.7 Å². The predicted octanol–water partition coefficient (Wildman–Crippen LogP) is 2.67. The highest BCUT2D eigenvalue weighted by atomic mass is 16.5. The predicted molar refractivity (Wildman–Crippen MR) is 87.1 cm³/mol. The molecule has 0 spiro atoms. The van der Waals surface area contributed by atoms with Gasteiger partial charge < -0.3 is 19.7 Å². The number of rotatable bonds is 4. The summed E-state index contributed by atoms with van der Waals surface area (Å²) >= 11 is 0. The molecule has 23 heavy (non-hydrogen) atoms. The van der Waals surface area contributed by atoms with Gasteiger partial charge in [0.15, 0.2) is 23.0 Å². The van der Waals surface area contributed by atoms with Crippen molar-refractivity contribution in [1.29, 1.82) is 0 Å². The van der Waals surface area contributed by atoms with Gasteiger partial charge in [0.2, 0.25) is 0 Å². The summed E-state index contributed by atoms with van der Waals surface area (Å²) in [6, 6.07) is 9.17. The number of fused-ring (bicyclic) bond motifs is 1. The smallest absolute Gasteiger partial charge is 0.160 e. The topological polar surface area (TPSA) is 62.2 Å². The van der Waals surface area contributed by atoms with Crippen molar-refractivity contribution >= 4 is 0 Å². The Bertz CT molecular complexity index is 714. The Morgan fingerprint density at radius 2 is 1.70 bits per heavy atom. The standard InChI is InChI=1S/C18H21NO4/c1-22-17-4-3-12(7-15(17)20)10-19-6-5-13-9-18(23-2)16(21)8-14(13)11-19/h3-4,7-9,20-21H,5-6,10-11H2,1-2H3. The number of phenolic OH excluding ortho intramolecular Hbond substituents is 2. The Morgan fingerprint density at radius 3 is 2.39 bits per heavy atom. The Balaban J connectivity index is 1.74. The minimum Gasteiger partial charge on any atom is -0.504 e. The van der Waals surface area contributed by atoms with Crippen LogP contribution in [0.1, 0.15) is 16.7 Å². The van der Waals surface area contributed by atoms with E-state index < -0.39 is 0 Å². The second-order valence-electron chi connectivity index (χ2n) is 5.76. The zero-order chi connectivity index (χ0) is 16.4. The molecule has 1 heterocycles. The summed E-state index contributed by atoms with van der Waals surface area (Å²) in [5.41, 5.74) is 3.37. The zero-order valence-electron chi connectivity index (χ0n) is 13.4. The van der Waals surface area contributed by atoms with Gasteiger partial charge in [-0.2, -0.15) is 0 Å². The molecule has 0 fully saturated rings.